The van der Waals surface area contributed by atoms with E-state index in [0.717, 1.165) is 12.0 Å². The smallest absolute Gasteiger partial charge is 0.0252 e. The molecule has 0 aliphatic carbocycles. The number of hydrogen-bond acceptors (Lipinski definition) is 1. The van der Waals surface area contributed by atoms with E-state index in [-0.39, 0.29) is 0 Å². The fourth-order valence-electron chi connectivity index (χ4n) is 1.01. The summed E-state index contributed by atoms with van der Waals surface area (Å²) in [7, 11) is 0. The first-order chi connectivity index (χ1) is 5.54. The molecule has 0 aliphatic rings. The third kappa shape index (κ3) is 2.65. The average molecular weight is 165 g/mol. The van der Waals surface area contributed by atoms with Gasteiger partial charge in [-0.15, -0.1) is 0 Å². The van der Waals surface area contributed by atoms with Crippen LogP contribution in [0, 0.1) is 5.41 Å². The molecule has 0 saturated heterocycles. The van der Waals surface area contributed by atoms with E-state index in [9.17, 15) is 0 Å². The Morgan fingerprint density at radius 3 is 1.92 bits per heavy atom. The topological polar surface area (TPSA) is 23.9 Å². The summed E-state index contributed by atoms with van der Waals surface area (Å²) in [6.07, 6.45) is 2.48. The van der Waals surface area contributed by atoms with Crippen molar-refractivity contribution in [2.45, 2.75) is 41.0 Å². The summed E-state index contributed by atoms with van der Waals surface area (Å²) in [6, 6.07) is 0. The molecule has 12 heavy (non-hydrogen) atoms. The van der Waals surface area contributed by atoms with Gasteiger partial charge < -0.3 is 5.41 Å². The molecule has 0 fully saturated rings. The minimum Gasteiger partial charge on any atom is -0.308 e. The Morgan fingerprint density at radius 1 is 1.17 bits per heavy atom. The zero-order valence-corrected chi connectivity index (χ0v) is 8.78. The van der Waals surface area contributed by atoms with Crippen LogP contribution in [0.4, 0.5) is 0 Å². The van der Waals surface area contributed by atoms with E-state index in [2.05, 4.69) is 34.6 Å². The highest BCUT2D eigenvalue weighted by molar-refractivity contribution is 5.83. The highest BCUT2D eigenvalue weighted by Crippen LogP contribution is 2.17. The summed E-state index contributed by atoms with van der Waals surface area (Å²) < 4.78 is 0. The van der Waals surface area contributed by atoms with Crippen molar-refractivity contribution in [1.82, 2.24) is 0 Å². The molecule has 1 N–H and O–H groups in total. The van der Waals surface area contributed by atoms with Crippen LogP contribution in [-0.4, -0.2) is 6.21 Å². The minimum atomic E-state index is 1.02. The first-order valence-electron chi connectivity index (χ1n) is 4.39. The first kappa shape index (κ1) is 11.2. The van der Waals surface area contributed by atoms with Crippen LogP contribution >= 0.6 is 0 Å². The van der Waals surface area contributed by atoms with Crippen LogP contribution in [0.3, 0.4) is 0 Å². The molecule has 68 valence electrons. The SMILES string of the molecule is CC/C(C)=C(\C=N)C(C)=C(C)C. The van der Waals surface area contributed by atoms with Crippen LogP contribution in [0.1, 0.15) is 41.0 Å². The molecule has 1 nitrogen and oxygen atoms in total. The van der Waals surface area contributed by atoms with E-state index in [4.69, 9.17) is 5.41 Å². The van der Waals surface area contributed by atoms with Crippen LogP contribution < -0.4 is 0 Å². The normalized spacial score (nSPS) is 12.1. The van der Waals surface area contributed by atoms with Crippen molar-refractivity contribution < 1.29 is 0 Å². The standard InChI is InChI=1S/C11H19N/c1-6-9(4)11(7-12)10(5)8(2)3/h7,12H,6H2,1-5H3/b11-9+,12-7?. The molecule has 0 saturated carbocycles. The molecule has 0 aromatic heterocycles. The molecule has 0 aromatic rings. The van der Waals surface area contributed by atoms with Gasteiger partial charge in [0.25, 0.3) is 0 Å². The Kier molecular flexibility index (Phi) is 4.57. The fourth-order valence-corrected chi connectivity index (χ4v) is 1.01. The van der Waals surface area contributed by atoms with Crippen LogP contribution in [0.5, 0.6) is 0 Å². The second-order valence-corrected chi connectivity index (χ2v) is 3.32. The minimum absolute atomic E-state index is 1.02. The Balaban J connectivity index is 5.07. The van der Waals surface area contributed by atoms with Crippen molar-refractivity contribution in [3.8, 4) is 0 Å². The lowest BCUT2D eigenvalue weighted by atomic mass is 9.98. The second-order valence-electron chi connectivity index (χ2n) is 3.32. The van der Waals surface area contributed by atoms with Gasteiger partial charge in [-0.1, -0.05) is 18.1 Å². The van der Waals surface area contributed by atoms with Crippen LogP contribution in [-0.2, 0) is 0 Å². The maximum absolute atomic E-state index is 7.30. The van der Waals surface area contributed by atoms with E-state index < -0.39 is 0 Å². The summed E-state index contributed by atoms with van der Waals surface area (Å²) >= 11 is 0. The third-order valence-electron chi connectivity index (χ3n) is 2.29. The molecular formula is C11H19N. The molecule has 0 heterocycles. The third-order valence-corrected chi connectivity index (χ3v) is 2.29. The van der Waals surface area contributed by atoms with Crippen molar-refractivity contribution in [3.63, 3.8) is 0 Å². The van der Waals surface area contributed by atoms with Crippen LogP contribution in [0.15, 0.2) is 22.3 Å². The fraction of sp³-hybridized carbons (Fsp3) is 0.545. The van der Waals surface area contributed by atoms with E-state index in [1.807, 2.05) is 0 Å². The van der Waals surface area contributed by atoms with E-state index in [1.165, 1.54) is 22.9 Å². The van der Waals surface area contributed by atoms with Gasteiger partial charge >= 0.3 is 0 Å². The maximum Gasteiger partial charge on any atom is 0.0252 e. The van der Waals surface area contributed by atoms with Gasteiger partial charge in [0.15, 0.2) is 0 Å². The van der Waals surface area contributed by atoms with E-state index in [1.54, 1.807) is 0 Å². The first-order valence-corrected chi connectivity index (χ1v) is 4.39. The Morgan fingerprint density at radius 2 is 1.67 bits per heavy atom. The van der Waals surface area contributed by atoms with Gasteiger partial charge in [0.2, 0.25) is 0 Å². The molecule has 0 unspecified atom stereocenters. The Bertz CT molecular complexity index is 227. The summed E-state index contributed by atoms with van der Waals surface area (Å²) in [4.78, 5) is 0. The van der Waals surface area contributed by atoms with E-state index in [0.29, 0.717) is 0 Å². The summed E-state index contributed by atoms with van der Waals surface area (Å²) in [5, 5.41) is 7.30. The quantitative estimate of drug-likeness (QED) is 0.487. The lowest BCUT2D eigenvalue weighted by Crippen LogP contribution is -1.93. The molecule has 1 heteroatoms. The zero-order chi connectivity index (χ0) is 9.72. The van der Waals surface area contributed by atoms with Crippen molar-refractivity contribution in [3.05, 3.63) is 22.3 Å². The van der Waals surface area contributed by atoms with Gasteiger partial charge in [0.05, 0.1) is 0 Å². The van der Waals surface area contributed by atoms with Gasteiger partial charge in [-0.3, -0.25) is 0 Å². The van der Waals surface area contributed by atoms with Crippen molar-refractivity contribution in [1.29, 1.82) is 5.41 Å². The molecule has 0 bridgehead atoms. The summed E-state index contributed by atoms with van der Waals surface area (Å²) in [5.74, 6) is 0. The zero-order valence-electron chi connectivity index (χ0n) is 8.78. The monoisotopic (exact) mass is 165 g/mol. The number of allylic oxidation sites excluding steroid dienone is 4. The molecule has 0 aliphatic heterocycles. The lowest BCUT2D eigenvalue weighted by Gasteiger charge is -2.08. The molecule has 0 amide bonds. The molecular weight excluding hydrogens is 146 g/mol. The van der Waals surface area contributed by atoms with Gasteiger partial charge in [0.1, 0.15) is 0 Å². The van der Waals surface area contributed by atoms with Crippen LogP contribution in [0.2, 0.25) is 0 Å². The van der Waals surface area contributed by atoms with Crippen molar-refractivity contribution >= 4 is 6.21 Å². The lowest BCUT2D eigenvalue weighted by molar-refractivity contribution is 1.07. The number of nitrogens with one attached hydrogen (secondary N) is 1. The average Bonchev–Trinajstić information content (AvgIpc) is 2.05. The summed E-state index contributed by atoms with van der Waals surface area (Å²) in [5.41, 5.74) is 4.92. The van der Waals surface area contributed by atoms with Crippen LogP contribution in [0.25, 0.3) is 0 Å². The number of hydrogen-bond donors (Lipinski definition) is 1. The molecule has 0 radical (unpaired) electrons. The predicted molar refractivity (Wildman–Crippen MR) is 55.8 cm³/mol. The molecule has 0 aromatic carbocycles. The van der Waals surface area contributed by atoms with Crippen molar-refractivity contribution in [2.24, 2.45) is 0 Å². The molecule has 0 atom stereocenters. The van der Waals surface area contributed by atoms with Gasteiger partial charge in [-0.05, 0) is 45.3 Å². The summed E-state index contributed by atoms with van der Waals surface area (Å²) in [6.45, 7) is 10.5. The highest BCUT2D eigenvalue weighted by Gasteiger charge is 2.01. The second kappa shape index (κ2) is 4.91. The largest absolute Gasteiger partial charge is 0.308 e. The van der Waals surface area contributed by atoms with E-state index >= 15 is 0 Å². The number of rotatable bonds is 3. The van der Waals surface area contributed by atoms with Gasteiger partial charge in [0, 0.05) is 6.21 Å². The Hall–Kier alpha value is -0.850. The molecule has 0 rings (SSSR count). The van der Waals surface area contributed by atoms with Gasteiger partial charge in [-0.25, -0.2) is 0 Å². The highest BCUT2D eigenvalue weighted by atomic mass is 14.3. The maximum atomic E-state index is 7.30. The van der Waals surface area contributed by atoms with Gasteiger partial charge in [-0.2, -0.15) is 0 Å². The Labute approximate surface area is 75.7 Å². The van der Waals surface area contributed by atoms with Crippen molar-refractivity contribution in [2.75, 3.05) is 0 Å². The predicted octanol–water partition coefficient (Wildman–Crippen LogP) is 3.72. The molecule has 0 spiro atoms.